The number of carbonyl (C=O) groups excluding carboxylic acids is 2. The van der Waals surface area contributed by atoms with Crippen molar-refractivity contribution in [3.05, 3.63) is 66.0 Å². The van der Waals surface area contributed by atoms with Crippen LogP contribution in [0.2, 0.25) is 0 Å². The average molecular weight is 255 g/mol. The molecule has 1 aromatic carbocycles. The van der Waals surface area contributed by atoms with Crippen LogP contribution in [0.3, 0.4) is 0 Å². The van der Waals surface area contributed by atoms with E-state index in [0.29, 0.717) is 12.1 Å². The molecule has 5 heteroatoms. The van der Waals surface area contributed by atoms with Crippen molar-refractivity contribution in [1.29, 1.82) is 0 Å². The average Bonchev–Trinajstić information content (AvgIpc) is 2.47. The molecule has 5 nitrogen and oxygen atoms in total. The van der Waals surface area contributed by atoms with Crippen LogP contribution >= 0.6 is 0 Å². The molecule has 0 saturated heterocycles. The number of rotatable bonds is 3. The molecule has 2 N–H and O–H groups in total. The highest BCUT2D eigenvalue weighted by Crippen LogP contribution is 1.97. The Morgan fingerprint density at radius 2 is 1.84 bits per heavy atom. The lowest BCUT2D eigenvalue weighted by molar-refractivity contribution is 0.0963. The van der Waals surface area contributed by atoms with Crippen molar-refractivity contribution in [3.8, 4) is 0 Å². The third-order valence-corrected chi connectivity index (χ3v) is 2.45. The molecule has 0 aliphatic rings. The van der Waals surface area contributed by atoms with Gasteiger partial charge in [0.15, 0.2) is 0 Å². The van der Waals surface area contributed by atoms with Gasteiger partial charge in [0.05, 0.1) is 5.56 Å². The molecule has 0 atom stereocenters. The fourth-order valence-corrected chi connectivity index (χ4v) is 1.49. The minimum atomic E-state index is -0.530. The summed E-state index contributed by atoms with van der Waals surface area (Å²) in [5.41, 5.74) is 1.31. The first-order valence-corrected chi connectivity index (χ1v) is 5.79. The zero-order chi connectivity index (χ0) is 13.5. The van der Waals surface area contributed by atoms with Crippen molar-refractivity contribution in [1.82, 2.24) is 15.6 Å². The van der Waals surface area contributed by atoms with E-state index in [0.717, 1.165) is 5.56 Å². The van der Waals surface area contributed by atoms with Crippen LogP contribution in [-0.2, 0) is 6.54 Å². The number of benzene rings is 1. The molecular weight excluding hydrogens is 242 g/mol. The molecule has 0 unspecified atom stereocenters. The maximum atomic E-state index is 11.7. The predicted molar refractivity (Wildman–Crippen MR) is 70.4 cm³/mol. The predicted octanol–water partition coefficient (Wildman–Crippen LogP) is 1.72. The van der Waals surface area contributed by atoms with Gasteiger partial charge >= 0.3 is 6.03 Å². The molecule has 0 radical (unpaired) electrons. The molecule has 0 fully saturated rings. The highest BCUT2D eigenvalue weighted by atomic mass is 16.2. The minimum Gasteiger partial charge on any atom is -0.334 e. The highest BCUT2D eigenvalue weighted by Gasteiger charge is 2.09. The Hall–Kier alpha value is -2.69. The van der Waals surface area contributed by atoms with Crippen molar-refractivity contribution < 1.29 is 9.59 Å². The summed E-state index contributed by atoms with van der Waals surface area (Å²) < 4.78 is 0. The smallest absolute Gasteiger partial charge is 0.321 e. The number of nitrogens with one attached hydrogen (secondary N) is 2. The lowest BCUT2D eigenvalue weighted by atomic mass is 10.2. The summed E-state index contributed by atoms with van der Waals surface area (Å²) >= 11 is 0. The van der Waals surface area contributed by atoms with E-state index in [9.17, 15) is 9.59 Å². The molecular formula is C14H13N3O2. The standard InChI is InChI=1S/C14H13N3O2/c18-13(12-7-4-8-15-10-12)17-14(19)16-9-11-5-2-1-3-6-11/h1-8,10H,9H2,(H2,16,17,18,19). The van der Waals surface area contributed by atoms with Crippen LogP contribution in [0.15, 0.2) is 54.9 Å². The van der Waals surface area contributed by atoms with Crippen LogP contribution < -0.4 is 10.6 Å². The molecule has 19 heavy (non-hydrogen) atoms. The first-order chi connectivity index (χ1) is 9.25. The number of aromatic nitrogens is 1. The number of urea groups is 1. The largest absolute Gasteiger partial charge is 0.334 e. The Balaban J connectivity index is 1.83. The third kappa shape index (κ3) is 3.92. The van der Waals surface area contributed by atoms with E-state index in [1.165, 1.54) is 6.20 Å². The summed E-state index contributed by atoms with van der Waals surface area (Å²) in [6.45, 7) is 0.368. The van der Waals surface area contributed by atoms with Crippen molar-refractivity contribution in [2.24, 2.45) is 0 Å². The van der Waals surface area contributed by atoms with E-state index in [2.05, 4.69) is 15.6 Å². The topological polar surface area (TPSA) is 71.1 Å². The fourth-order valence-electron chi connectivity index (χ4n) is 1.49. The Kier molecular flexibility index (Phi) is 4.23. The number of pyridine rings is 1. The Morgan fingerprint density at radius 1 is 1.05 bits per heavy atom. The summed E-state index contributed by atoms with van der Waals surface area (Å²) in [5.74, 6) is -0.473. The zero-order valence-electron chi connectivity index (χ0n) is 10.2. The van der Waals surface area contributed by atoms with Crippen LogP contribution in [0.4, 0.5) is 4.79 Å². The lowest BCUT2D eigenvalue weighted by Crippen LogP contribution is -2.39. The number of hydrogen-bond donors (Lipinski definition) is 2. The first kappa shape index (κ1) is 12.8. The van der Waals surface area contributed by atoms with Gasteiger partial charge in [-0.1, -0.05) is 30.3 Å². The highest BCUT2D eigenvalue weighted by molar-refractivity contribution is 6.03. The Bertz CT molecular complexity index is 555. The van der Waals surface area contributed by atoms with E-state index in [-0.39, 0.29) is 0 Å². The molecule has 0 spiro atoms. The minimum absolute atomic E-state index is 0.345. The van der Waals surface area contributed by atoms with Crippen LogP contribution in [0.25, 0.3) is 0 Å². The zero-order valence-corrected chi connectivity index (χ0v) is 10.2. The SMILES string of the molecule is O=C(NCc1ccccc1)NC(=O)c1cccnc1. The molecule has 0 aliphatic heterocycles. The van der Waals surface area contributed by atoms with Gasteiger partial charge in [-0.05, 0) is 17.7 Å². The van der Waals surface area contributed by atoms with E-state index in [1.54, 1.807) is 18.3 Å². The van der Waals surface area contributed by atoms with Crippen LogP contribution in [0, 0.1) is 0 Å². The molecule has 0 saturated carbocycles. The van der Waals surface area contributed by atoms with Gasteiger partial charge in [0.2, 0.25) is 0 Å². The number of carbonyl (C=O) groups is 2. The van der Waals surface area contributed by atoms with Gasteiger partial charge in [-0.2, -0.15) is 0 Å². The van der Waals surface area contributed by atoms with Crippen molar-refractivity contribution in [3.63, 3.8) is 0 Å². The van der Waals surface area contributed by atoms with Gasteiger partial charge in [-0.15, -0.1) is 0 Å². The molecule has 1 aromatic heterocycles. The van der Waals surface area contributed by atoms with Crippen molar-refractivity contribution >= 4 is 11.9 Å². The number of nitrogens with zero attached hydrogens (tertiary/aromatic N) is 1. The Morgan fingerprint density at radius 3 is 2.53 bits per heavy atom. The second kappa shape index (κ2) is 6.30. The summed E-state index contributed by atoms with van der Waals surface area (Å²) in [4.78, 5) is 27.0. The molecule has 0 aliphatic carbocycles. The first-order valence-electron chi connectivity index (χ1n) is 5.79. The number of hydrogen-bond acceptors (Lipinski definition) is 3. The number of amides is 3. The fraction of sp³-hybridized carbons (Fsp3) is 0.0714. The second-order valence-corrected chi connectivity index (χ2v) is 3.86. The summed E-state index contributed by atoms with van der Waals surface area (Å²) in [7, 11) is 0. The quantitative estimate of drug-likeness (QED) is 0.877. The molecule has 3 amide bonds. The van der Waals surface area contributed by atoms with E-state index >= 15 is 0 Å². The van der Waals surface area contributed by atoms with Crippen LogP contribution in [0.1, 0.15) is 15.9 Å². The molecule has 0 bridgehead atoms. The summed E-state index contributed by atoms with van der Waals surface area (Å²) in [6.07, 6.45) is 2.96. The molecule has 96 valence electrons. The van der Waals surface area contributed by atoms with E-state index in [1.807, 2.05) is 30.3 Å². The van der Waals surface area contributed by atoms with E-state index in [4.69, 9.17) is 0 Å². The maximum absolute atomic E-state index is 11.7. The molecule has 1 heterocycles. The van der Waals surface area contributed by atoms with Crippen molar-refractivity contribution in [2.45, 2.75) is 6.54 Å². The molecule has 2 aromatic rings. The van der Waals surface area contributed by atoms with Crippen molar-refractivity contribution in [2.75, 3.05) is 0 Å². The maximum Gasteiger partial charge on any atom is 0.321 e. The van der Waals surface area contributed by atoms with Gasteiger partial charge in [0, 0.05) is 18.9 Å². The van der Waals surface area contributed by atoms with Crippen LogP contribution in [0.5, 0.6) is 0 Å². The lowest BCUT2D eigenvalue weighted by Gasteiger charge is -2.06. The van der Waals surface area contributed by atoms with Gasteiger partial charge in [-0.3, -0.25) is 15.1 Å². The molecule has 2 rings (SSSR count). The Labute approximate surface area is 110 Å². The summed E-state index contributed by atoms with van der Waals surface area (Å²) in [6, 6.07) is 12.1. The summed E-state index contributed by atoms with van der Waals surface area (Å²) in [5, 5.41) is 4.85. The monoisotopic (exact) mass is 255 g/mol. The van der Waals surface area contributed by atoms with E-state index < -0.39 is 11.9 Å². The number of imide groups is 1. The van der Waals surface area contributed by atoms with Crippen LogP contribution in [-0.4, -0.2) is 16.9 Å². The second-order valence-electron chi connectivity index (χ2n) is 3.86. The van der Waals surface area contributed by atoms with Gasteiger partial charge in [-0.25, -0.2) is 4.79 Å². The third-order valence-electron chi connectivity index (χ3n) is 2.45. The van der Waals surface area contributed by atoms with Gasteiger partial charge in [0.25, 0.3) is 5.91 Å². The normalized spacial score (nSPS) is 9.68. The van der Waals surface area contributed by atoms with Gasteiger partial charge < -0.3 is 5.32 Å². The van der Waals surface area contributed by atoms with Gasteiger partial charge in [0.1, 0.15) is 0 Å².